The highest BCUT2D eigenvalue weighted by molar-refractivity contribution is 5.60. The summed E-state index contributed by atoms with van der Waals surface area (Å²) in [5.41, 5.74) is 0.494. The molecule has 3 rings (SSSR count). The molecule has 1 fully saturated rings. The van der Waals surface area contributed by atoms with Gasteiger partial charge in [-0.15, -0.1) is 0 Å². The van der Waals surface area contributed by atoms with Crippen LogP contribution in [-0.4, -0.2) is 35.8 Å². The summed E-state index contributed by atoms with van der Waals surface area (Å²) in [6.45, 7) is 1.49. The smallest absolute Gasteiger partial charge is 0.287 e. The van der Waals surface area contributed by atoms with E-state index < -0.39 is 11.0 Å². The van der Waals surface area contributed by atoms with Crippen LogP contribution in [0.4, 0.5) is 11.4 Å². The number of nitro benzene ring substituents is 1. The summed E-state index contributed by atoms with van der Waals surface area (Å²) in [4.78, 5) is 12.4. The van der Waals surface area contributed by atoms with Crippen molar-refractivity contribution in [3.8, 4) is 6.07 Å². The molecule has 1 aliphatic heterocycles. The van der Waals surface area contributed by atoms with Gasteiger partial charge in [-0.1, -0.05) is 0 Å². The van der Waals surface area contributed by atoms with Gasteiger partial charge in [-0.05, 0) is 24.3 Å². The molecule has 0 radical (unpaired) electrons. The molecule has 0 aliphatic carbocycles. The molecule has 2 atom stereocenters. The van der Waals surface area contributed by atoms with Crippen LogP contribution in [0, 0.1) is 21.4 Å². The van der Waals surface area contributed by atoms with Crippen molar-refractivity contribution in [2.24, 2.45) is 0 Å². The molecule has 0 bridgehead atoms. The molecule has 130 valence electrons. The Bertz CT molecular complexity index is 784. The van der Waals surface area contributed by atoms with Crippen molar-refractivity contribution in [1.29, 1.82) is 5.26 Å². The SMILES string of the molecule is N#Cc1cc(N2CCOC[C@H]2C[C@@H](O)c2ccco2)ccc1[N+](=O)[O-]. The topological polar surface area (TPSA) is 113 Å². The van der Waals surface area contributed by atoms with E-state index in [0.29, 0.717) is 37.6 Å². The number of nitriles is 1. The molecule has 8 heteroatoms. The van der Waals surface area contributed by atoms with E-state index in [9.17, 15) is 20.5 Å². The first kappa shape index (κ1) is 17.0. The highest BCUT2D eigenvalue weighted by Gasteiger charge is 2.28. The van der Waals surface area contributed by atoms with Gasteiger partial charge in [-0.2, -0.15) is 5.26 Å². The Balaban J connectivity index is 1.83. The summed E-state index contributed by atoms with van der Waals surface area (Å²) < 4.78 is 10.7. The molecule has 2 heterocycles. The van der Waals surface area contributed by atoms with Crippen LogP contribution in [0.5, 0.6) is 0 Å². The Morgan fingerprint density at radius 2 is 2.32 bits per heavy atom. The fraction of sp³-hybridized carbons (Fsp3) is 0.353. The van der Waals surface area contributed by atoms with E-state index in [1.165, 1.54) is 18.4 Å². The van der Waals surface area contributed by atoms with Crippen molar-refractivity contribution in [2.75, 3.05) is 24.7 Å². The van der Waals surface area contributed by atoms with E-state index in [-0.39, 0.29) is 17.3 Å². The van der Waals surface area contributed by atoms with Crippen molar-refractivity contribution in [3.05, 3.63) is 58.0 Å². The number of anilines is 1. The highest BCUT2D eigenvalue weighted by atomic mass is 16.6. The molecule has 25 heavy (non-hydrogen) atoms. The molecule has 1 aliphatic rings. The molecule has 1 saturated heterocycles. The quantitative estimate of drug-likeness (QED) is 0.655. The Morgan fingerprint density at radius 1 is 1.48 bits per heavy atom. The third-order valence-electron chi connectivity index (χ3n) is 4.22. The zero-order valence-electron chi connectivity index (χ0n) is 13.4. The van der Waals surface area contributed by atoms with Crippen LogP contribution in [0.3, 0.4) is 0 Å². The number of furan rings is 1. The number of hydrogen-bond donors (Lipinski definition) is 1. The summed E-state index contributed by atoms with van der Waals surface area (Å²) in [5, 5.41) is 30.5. The maximum atomic E-state index is 11.0. The van der Waals surface area contributed by atoms with E-state index in [0.717, 1.165) is 0 Å². The van der Waals surface area contributed by atoms with Crippen molar-refractivity contribution in [1.82, 2.24) is 0 Å². The van der Waals surface area contributed by atoms with E-state index >= 15 is 0 Å². The average Bonchev–Trinajstić information content (AvgIpc) is 3.16. The van der Waals surface area contributed by atoms with Crippen LogP contribution in [0.1, 0.15) is 23.8 Å². The fourth-order valence-corrected chi connectivity index (χ4v) is 3.00. The Labute approximate surface area is 144 Å². The van der Waals surface area contributed by atoms with Crippen LogP contribution in [0.2, 0.25) is 0 Å². The minimum Gasteiger partial charge on any atom is -0.467 e. The lowest BCUT2D eigenvalue weighted by Gasteiger charge is -2.38. The van der Waals surface area contributed by atoms with Gasteiger partial charge in [0.1, 0.15) is 23.5 Å². The maximum Gasteiger partial charge on any atom is 0.287 e. The van der Waals surface area contributed by atoms with Crippen LogP contribution in [-0.2, 0) is 4.74 Å². The van der Waals surface area contributed by atoms with Crippen LogP contribution >= 0.6 is 0 Å². The second kappa shape index (κ2) is 7.34. The van der Waals surface area contributed by atoms with Crippen LogP contribution in [0.25, 0.3) is 0 Å². The molecule has 0 spiro atoms. The molecular formula is C17H17N3O5. The second-order valence-corrected chi connectivity index (χ2v) is 5.76. The standard InChI is InChI=1S/C17H17N3O5/c18-10-12-8-13(3-4-15(12)20(22)23)19-5-7-24-11-14(19)9-16(21)17-2-1-6-25-17/h1-4,6,8,14,16,21H,5,7,9,11H2/t14-,16-/m1/s1. The number of aliphatic hydroxyl groups excluding tert-OH is 1. The van der Waals surface area contributed by atoms with E-state index in [1.54, 1.807) is 18.2 Å². The van der Waals surface area contributed by atoms with Crippen molar-refractivity contribution < 1.29 is 19.2 Å². The molecule has 8 nitrogen and oxygen atoms in total. The predicted octanol–water partition coefficient (Wildman–Crippen LogP) is 2.39. The first-order valence-corrected chi connectivity index (χ1v) is 7.84. The van der Waals surface area contributed by atoms with Gasteiger partial charge in [-0.3, -0.25) is 10.1 Å². The van der Waals surface area contributed by atoms with Gasteiger partial charge >= 0.3 is 0 Å². The molecule has 0 amide bonds. The summed E-state index contributed by atoms with van der Waals surface area (Å²) in [6, 6.07) is 9.62. The summed E-state index contributed by atoms with van der Waals surface area (Å²) in [5.74, 6) is 0.479. The lowest BCUT2D eigenvalue weighted by Crippen LogP contribution is -2.46. The summed E-state index contributed by atoms with van der Waals surface area (Å²) >= 11 is 0. The zero-order valence-corrected chi connectivity index (χ0v) is 13.4. The number of benzene rings is 1. The summed E-state index contributed by atoms with van der Waals surface area (Å²) in [6.07, 6.45) is 1.10. The van der Waals surface area contributed by atoms with Gasteiger partial charge in [0, 0.05) is 24.7 Å². The van der Waals surface area contributed by atoms with E-state index in [2.05, 4.69) is 0 Å². The van der Waals surface area contributed by atoms with Gasteiger partial charge in [0.05, 0.1) is 30.4 Å². The number of morpholine rings is 1. The minimum absolute atomic E-state index is 0.0133. The molecule has 2 aromatic rings. The average molecular weight is 343 g/mol. The van der Waals surface area contributed by atoms with Crippen molar-refractivity contribution in [3.63, 3.8) is 0 Å². The number of ether oxygens (including phenoxy) is 1. The third kappa shape index (κ3) is 3.63. The fourth-order valence-electron chi connectivity index (χ4n) is 3.00. The molecular weight excluding hydrogens is 326 g/mol. The van der Waals surface area contributed by atoms with Gasteiger partial charge in [0.2, 0.25) is 0 Å². The van der Waals surface area contributed by atoms with Crippen LogP contribution < -0.4 is 4.90 Å². The lowest BCUT2D eigenvalue weighted by atomic mass is 10.0. The largest absolute Gasteiger partial charge is 0.467 e. The molecule has 1 aromatic heterocycles. The maximum absolute atomic E-state index is 11.0. The minimum atomic E-state index is -0.780. The first-order chi connectivity index (χ1) is 12.1. The van der Waals surface area contributed by atoms with Crippen LogP contribution in [0.15, 0.2) is 41.0 Å². The summed E-state index contributed by atoms with van der Waals surface area (Å²) in [7, 11) is 0. The normalized spacial score (nSPS) is 18.6. The molecule has 1 N–H and O–H groups in total. The molecule has 0 unspecified atom stereocenters. The second-order valence-electron chi connectivity index (χ2n) is 5.76. The number of aliphatic hydroxyl groups is 1. The van der Waals surface area contributed by atoms with E-state index in [4.69, 9.17) is 9.15 Å². The predicted molar refractivity (Wildman–Crippen MR) is 88.0 cm³/mol. The third-order valence-corrected chi connectivity index (χ3v) is 4.22. The monoisotopic (exact) mass is 343 g/mol. The van der Waals surface area contributed by atoms with Crippen molar-refractivity contribution in [2.45, 2.75) is 18.6 Å². The highest BCUT2D eigenvalue weighted by Crippen LogP contribution is 2.30. The lowest BCUT2D eigenvalue weighted by molar-refractivity contribution is -0.385. The number of hydrogen-bond acceptors (Lipinski definition) is 7. The van der Waals surface area contributed by atoms with Crippen molar-refractivity contribution >= 4 is 11.4 Å². The van der Waals surface area contributed by atoms with Gasteiger partial charge in [-0.25, -0.2) is 0 Å². The Kier molecular flexibility index (Phi) is 4.97. The first-order valence-electron chi connectivity index (χ1n) is 7.84. The Hall–Kier alpha value is -2.89. The number of nitro groups is 1. The van der Waals surface area contributed by atoms with Gasteiger partial charge in [0.15, 0.2) is 0 Å². The van der Waals surface area contributed by atoms with Gasteiger partial charge < -0.3 is 19.2 Å². The molecule has 0 saturated carbocycles. The zero-order chi connectivity index (χ0) is 17.8. The molecule has 1 aromatic carbocycles. The number of nitrogens with zero attached hydrogens (tertiary/aromatic N) is 3. The van der Waals surface area contributed by atoms with Gasteiger partial charge in [0.25, 0.3) is 5.69 Å². The Morgan fingerprint density at radius 3 is 3.00 bits per heavy atom. The van der Waals surface area contributed by atoms with E-state index in [1.807, 2.05) is 11.0 Å². The number of rotatable bonds is 5.